The van der Waals surface area contributed by atoms with Gasteiger partial charge in [0.05, 0.1) is 6.61 Å². The van der Waals surface area contributed by atoms with Crippen LogP contribution >= 0.6 is 0 Å². The van der Waals surface area contributed by atoms with E-state index in [2.05, 4.69) is 25.6 Å². The number of hydrogen-bond donors (Lipinski definition) is 0. The molecule has 0 aromatic heterocycles. The van der Waals surface area contributed by atoms with E-state index in [1.54, 1.807) is 0 Å². The summed E-state index contributed by atoms with van der Waals surface area (Å²) in [4.78, 5) is 0. The van der Waals surface area contributed by atoms with E-state index in [0.29, 0.717) is 0 Å². The van der Waals surface area contributed by atoms with Gasteiger partial charge in [-0.2, -0.15) is 0 Å². The molecule has 1 rings (SSSR count). The molecule has 0 unspecified atom stereocenters. The molecule has 0 N–H and O–H groups in total. The molecule has 1 heteroatoms. The summed E-state index contributed by atoms with van der Waals surface area (Å²) in [6, 6.07) is 8.24. The first-order valence-corrected chi connectivity index (χ1v) is 6.13. The van der Waals surface area contributed by atoms with Gasteiger partial charge < -0.3 is 4.74 Å². The lowest BCUT2D eigenvalue weighted by Crippen LogP contribution is -1.97. The molecule has 16 heavy (non-hydrogen) atoms. The Hall–Kier alpha value is -1.24. The average molecular weight is 218 g/mol. The number of hydrogen-bond acceptors (Lipinski definition) is 1. The van der Waals surface area contributed by atoms with Crippen LogP contribution in [0.2, 0.25) is 0 Å². The molecule has 0 heterocycles. The maximum atomic E-state index is 5.65. The molecular weight excluding hydrogens is 196 g/mol. The van der Waals surface area contributed by atoms with Gasteiger partial charge in [0.1, 0.15) is 5.75 Å². The lowest BCUT2D eigenvalue weighted by atomic mass is 10.1. The zero-order valence-corrected chi connectivity index (χ0v) is 10.2. The van der Waals surface area contributed by atoms with Crippen LogP contribution in [0.25, 0.3) is 0 Å². The molecule has 88 valence electrons. The Kier molecular flexibility index (Phi) is 6.39. The van der Waals surface area contributed by atoms with Crippen LogP contribution in [0.15, 0.2) is 36.9 Å². The Morgan fingerprint density at radius 3 is 2.44 bits per heavy atom. The summed E-state index contributed by atoms with van der Waals surface area (Å²) in [6.45, 7) is 6.63. The van der Waals surface area contributed by atoms with Gasteiger partial charge in [0.25, 0.3) is 0 Å². The van der Waals surface area contributed by atoms with E-state index in [1.807, 2.05) is 18.2 Å². The van der Waals surface area contributed by atoms with Crippen molar-refractivity contribution in [2.24, 2.45) is 0 Å². The van der Waals surface area contributed by atoms with Crippen LogP contribution < -0.4 is 4.74 Å². The first-order valence-electron chi connectivity index (χ1n) is 6.13. The van der Waals surface area contributed by atoms with Gasteiger partial charge in [0, 0.05) is 0 Å². The Morgan fingerprint density at radius 1 is 1.06 bits per heavy atom. The monoisotopic (exact) mass is 218 g/mol. The first-order chi connectivity index (χ1) is 7.83. The molecule has 0 spiro atoms. The highest BCUT2D eigenvalue weighted by Gasteiger charge is 1.93. The fourth-order valence-corrected chi connectivity index (χ4v) is 1.57. The van der Waals surface area contributed by atoms with E-state index in [1.165, 1.54) is 24.8 Å². The third kappa shape index (κ3) is 5.59. The smallest absolute Gasteiger partial charge is 0.119 e. The summed E-state index contributed by atoms with van der Waals surface area (Å²) in [5.74, 6) is 0.983. The van der Waals surface area contributed by atoms with Crippen molar-refractivity contribution in [1.82, 2.24) is 0 Å². The molecule has 0 aliphatic carbocycles. The van der Waals surface area contributed by atoms with Gasteiger partial charge in [0.2, 0.25) is 0 Å². The van der Waals surface area contributed by atoms with Crippen molar-refractivity contribution in [2.45, 2.75) is 39.0 Å². The minimum atomic E-state index is 0.831. The Labute approximate surface area is 99.1 Å². The van der Waals surface area contributed by atoms with Gasteiger partial charge in [-0.25, -0.2) is 0 Å². The van der Waals surface area contributed by atoms with Crippen molar-refractivity contribution in [1.29, 1.82) is 0 Å². The topological polar surface area (TPSA) is 9.23 Å². The normalized spacial score (nSPS) is 10.1. The van der Waals surface area contributed by atoms with Gasteiger partial charge in [-0.05, 0) is 38.3 Å². The average Bonchev–Trinajstić information content (AvgIpc) is 2.30. The largest absolute Gasteiger partial charge is 0.494 e. The fraction of sp³-hybridized carbons (Fsp3) is 0.467. The van der Waals surface area contributed by atoms with Gasteiger partial charge in [-0.1, -0.05) is 36.6 Å². The zero-order chi connectivity index (χ0) is 11.6. The second-order valence-corrected chi connectivity index (χ2v) is 4.15. The molecule has 0 bridgehead atoms. The van der Waals surface area contributed by atoms with Gasteiger partial charge in [-0.3, -0.25) is 0 Å². The molecule has 1 aromatic rings. The minimum absolute atomic E-state index is 0.831. The summed E-state index contributed by atoms with van der Waals surface area (Å²) in [7, 11) is 0. The van der Waals surface area contributed by atoms with Gasteiger partial charge >= 0.3 is 0 Å². The SMILES string of the molecule is C=CCCCCCCOc1ccc(C)cc1. The molecule has 0 saturated heterocycles. The number of benzene rings is 1. The van der Waals surface area contributed by atoms with Crippen molar-refractivity contribution < 1.29 is 4.74 Å². The number of aryl methyl sites for hydroxylation is 1. The predicted octanol–water partition coefficient (Wildman–Crippen LogP) is 4.51. The second kappa shape index (κ2) is 7.98. The Morgan fingerprint density at radius 2 is 1.75 bits per heavy atom. The van der Waals surface area contributed by atoms with E-state index < -0.39 is 0 Å². The van der Waals surface area contributed by atoms with E-state index >= 15 is 0 Å². The van der Waals surface area contributed by atoms with Crippen LogP contribution in [0.1, 0.15) is 37.7 Å². The highest BCUT2D eigenvalue weighted by Crippen LogP contribution is 2.12. The lowest BCUT2D eigenvalue weighted by Gasteiger charge is -2.05. The van der Waals surface area contributed by atoms with E-state index in [0.717, 1.165) is 25.2 Å². The number of rotatable bonds is 8. The Bertz CT molecular complexity index is 287. The molecule has 1 aromatic carbocycles. The molecule has 0 aliphatic rings. The van der Waals surface area contributed by atoms with Gasteiger partial charge in [-0.15, -0.1) is 6.58 Å². The van der Waals surface area contributed by atoms with Crippen molar-refractivity contribution in [3.8, 4) is 5.75 Å². The third-order valence-electron chi connectivity index (χ3n) is 2.59. The van der Waals surface area contributed by atoms with E-state index in [4.69, 9.17) is 4.74 Å². The van der Waals surface area contributed by atoms with Crippen LogP contribution in [-0.4, -0.2) is 6.61 Å². The standard InChI is InChI=1S/C15H22O/c1-3-4-5-6-7-8-13-16-15-11-9-14(2)10-12-15/h3,9-12H,1,4-8,13H2,2H3. The zero-order valence-electron chi connectivity index (χ0n) is 10.2. The van der Waals surface area contributed by atoms with E-state index in [9.17, 15) is 0 Å². The van der Waals surface area contributed by atoms with Crippen molar-refractivity contribution in [3.05, 3.63) is 42.5 Å². The minimum Gasteiger partial charge on any atom is -0.494 e. The number of allylic oxidation sites excluding steroid dienone is 1. The molecule has 0 amide bonds. The molecule has 0 radical (unpaired) electrons. The lowest BCUT2D eigenvalue weighted by molar-refractivity contribution is 0.304. The summed E-state index contributed by atoms with van der Waals surface area (Å²) in [5, 5.41) is 0. The number of unbranched alkanes of at least 4 members (excludes halogenated alkanes) is 4. The Balaban J connectivity index is 2.02. The molecule has 0 fully saturated rings. The third-order valence-corrected chi connectivity index (χ3v) is 2.59. The van der Waals surface area contributed by atoms with Crippen LogP contribution in [0.4, 0.5) is 0 Å². The molecular formula is C15H22O. The summed E-state index contributed by atoms with van der Waals surface area (Å²) in [5.41, 5.74) is 1.27. The molecule has 1 nitrogen and oxygen atoms in total. The second-order valence-electron chi connectivity index (χ2n) is 4.15. The predicted molar refractivity (Wildman–Crippen MR) is 70.0 cm³/mol. The van der Waals surface area contributed by atoms with Crippen LogP contribution in [-0.2, 0) is 0 Å². The van der Waals surface area contributed by atoms with Crippen molar-refractivity contribution >= 4 is 0 Å². The maximum absolute atomic E-state index is 5.65. The molecule has 0 atom stereocenters. The van der Waals surface area contributed by atoms with E-state index in [-0.39, 0.29) is 0 Å². The molecule has 0 aliphatic heterocycles. The van der Waals surface area contributed by atoms with Gasteiger partial charge in [0.15, 0.2) is 0 Å². The molecule has 0 saturated carbocycles. The highest BCUT2D eigenvalue weighted by atomic mass is 16.5. The first kappa shape index (κ1) is 12.8. The quantitative estimate of drug-likeness (QED) is 0.461. The van der Waals surface area contributed by atoms with Crippen molar-refractivity contribution in [3.63, 3.8) is 0 Å². The maximum Gasteiger partial charge on any atom is 0.119 e. The highest BCUT2D eigenvalue weighted by molar-refractivity contribution is 5.26. The van der Waals surface area contributed by atoms with Crippen LogP contribution in [0, 0.1) is 6.92 Å². The number of ether oxygens (including phenoxy) is 1. The fourth-order valence-electron chi connectivity index (χ4n) is 1.57. The van der Waals surface area contributed by atoms with Crippen molar-refractivity contribution in [2.75, 3.05) is 6.61 Å². The van der Waals surface area contributed by atoms with Crippen LogP contribution in [0.3, 0.4) is 0 Å². The van der Waals surface area contributed by atoms with Crippen LogP contribution in [0.5, 0.6) is 5.75 Å². The summed E-state index contributed by atoms with van der Waals surface area (Å²) in [6.07, 6.45) is 8.06. The summed E-state index contributed by atoms with van der Waals surface area (Å²) < 4.78 is 5.65. The summed E-state index contributed by atoms with van der Waals surface area (Å²) >= 11 is 0.